The standard InChI is InChI=1S/C16H16N4O3/c1-19-14-9-18-7-6-12(14)15(21)20(19)11-4-2-10(3-5-11)8-13(17)16(22)23/h2-7,9,13H,8,17H2,1H3,(H,22,23)/t13-/m0/s1. The van der Waals surface area contributed by atoms with E-state index in [-0.39, 0.29) is 12.0 Å². The Kier molecular flexibility index (Phi) is 3.71. The fourth-order valence-corrected chi connectivity index (χ4v) is 2.59. The molecule has 3 rings (SSSR count). The highest BCUT2D eigenvalue weighted by Crippen LogP contribution is 2.14. The van der Waals surface area contributed by atoms with Gasteiger partial charge in [0, 0.05) is 13.2 Å². The molecule has 7 nitrogen and oxygen atoms in total. The van der Waals surface area contributed by atoms with Crippen molar-refractivity contribution in [1.82, 2.24) is 14.3 Å². The van der Waals surface area contributed by atoms with Crippen LogP contribution in [0.4, 0.5) is 0 Å². The van der Waals surface area contributed by atoms with Crippen LogP contribution in [-0.4, -0.2) is 31.5 Å². The zero-order valence-corrected chi connectivity index (χ0v) is 12.5. The summed E-state index contributed by atoms with van der Waals surface area (Å²) in [5.41, 5.74) is 7.65. The van der Waals surface area contributed by atoms with Gasteiger partial charge in [0.25, 0.3) is 5.56 Å². The molecule has 2 aromatic heterocycles. The van der Waals surface area contributed by atoms with Gasteiger partial charge in [-0.2, -0.15) is 0 Å². The molecule has 1 aromatic carbocycles. The molecule has 7 heteroatoms. The first-order chi connectivity index (χ1) is 11.0. The van der Waals surface area contributed by atoms with Gasteiger partial charge < -0.3 is 10.8 Å². The molecular formula is C16H16N4O3. The van der Waals surface area contributed by atoms with Crippen LogP contribution in [-0.2, 0) is 18.3 Å². The summed E-state index contributed by atoms with van der Waals surface area (Å²) in [6.07, 6.45) is 3.47. The molecule has 23 heavy (non-hydrogen) atoms. The third-order valence-electron chi connectivity index (χ3n) is 3.83. The Bertz CT molecular complexity index is 925. The summed E-state index contributed by atoms with van der Waals surface area (Å²) in [5.74, 6) is -1.04. The summed E-state index contributed by atoms with van der Waals surface area (Å²) < 4.78 is 3.29. The molecule has 0 saturated carbocycles. The van der Waals surface area contributed by atoms with Crippen molar-refractivity contribution in [2.45, 2.75) is 12.5 Å². The van der Waals surface area contributed by atoms with E-state index in [0.29, 0.717) is 11.1 Å². The van der Waals surface area contributed by atoms with Crippen LogP contribution >= 0.6 is 0 Å². The molecule has 0 fully saturated rings. The first-order valence-electron chi connectivity index (χ1n) is 7.08. The monoisotopic (exact) mass is 312 g/mol. The summed E-state index contributed by atoms with van der Waals surface area (Å²) in [6.45, 7) is 0. The second-order valence-electron chi connectivity index (χ2n) is 5.35. The van der Waals surface area contributed by atoms with Crippen molar-refractivity contribution < 1.29 is 9.90 Å². The molecule has 0 spiro atoms. The average molecular weight is 312 g/mol. The molecule has 3 aromatic rings. The van der Waals surface area contributed by atoms with Crippen LogP contribution in [0.1, 0.15) is 5.56 Å². The number of aromatic nitrogens is 3. The number of carboxylic acids is 1. The first-order valence-corrected chi connectivity index (χ1v) is 7.08. The van der Waals surface area contributed by atoms with Crippen LogP contribution in [0.15, 0.2) is 47.5 Å². The van der Waals surface area contributed by atoms with Crippen LogP contribution in [0.3, 0.4) is 0 Å². The van der Waals surface area contributed by atoms with Crippen molar-refractivity contribution in [1.29, 1.82) is 0 Å². The van der Waals surface area contributed by atoms with Gasteiger partial charge in [-0.15, -0.1) is 0 Å². The van der Waals surface area contributed by atoms with E-state index in [1.807, 2.05) is 0 Å². The maximum atomic E-state index is 12.5. The molecule has 118 valence electrons. The zero-order valence-electron chi connectivity index (χ0n) is 12.5. The molecule has 2 heterocycles. The van der Waals surface area contributed by atoms with E-state index in [0.717, 1.165) is 11.1 Å². The van der Waals surface area contributed by atoms with Crippen molar-refractivity contribution in [2.24, 2.45) is 12.8 Å². The highest BCUT2D eigenvalue weighted by Gasteiger charge is 2.14. The van der Waals surface area contributed by atoms with Gasteiger partial charge in [0.15, 0.2) is 0 Å². The van der Waals surface area contributed by atoms with Gasteiger partial charge in [-0.05, 0) is 30.2 Å². The predicted octanol–water partition coefficient (Wildman–Crippen LogP) is 0.679. The van der Waals surface area contributed by atoms with E-state index in [9.17, 15) is 9.59 Å². The number of rotatable bonds is 4. The minimum absolute atomic E-state index is 0.125. The van der Waals surface area contributed by atoms with Crippen molar-refractivity contribution in [3.63, 3.8) is 0 Å². The SMILES string of the molecule is Cn1c2cnccc2c(=O)n1-c1ccc(C[C@H](N)C(=O)O)cc1. The molecule has 0 saturated heterocycles. The van der Waals surface area contributed by atoms with Gasteiger partial charge in [-0.3, -0.25) is 19.3 Å². The lowest BCUT2D eigenvalue weighted by molar-refractivity contribution is -0.138. The highest BCUT2D eigenvalue weighted by molar-refractivity contribution is 5.78. The molecular weight excluding hydrogens is 296 g/mol. The third-order valence-corrected chi connectivity index (χ3v) is 3.83. The number of nitrogens with two attached hydrogens (primary N) is 1. The van der Waals surface area contributed by atoms with Crippen LogP contribution < -0.4 is 11.3 Å². The van der Waals surface area contributed by atoms with Crippen LogP contribution in [0.2, 0.25) is 0 Å². The van der Waals surface area contributed by atoms with E-state index in [1.54, 1.807) is 59.1 Å². The largest absolute Gasteiger partial charge is 0.480 e. The Hall–Kier alpha value is -2.93. The van der Waals surface area contributed by atoms with E-state index in [4.69, 9.17) is 10.8 Å². The Morgan fingerprint density at radius 3 is 2.61 bits per heavy atom. The summed E-state index contributed by atoms with van der Waals surface area (Å²) in [4.78, 5) is 27.4. The fourth-order valence-electron chi connectivity index (χ4n) is 2.59. The van der Waals surface area contributed by atoms with E-state index < -0.39 is 12.0 Å². The number of fused-ring (bicyclic) bond motifs is 1. The first kappa shape index (κ1) is 15.0. The van der Waals surface area contributed by atoms with Crippen molar-refractivity contribution in [2.75, 3.05) is 0 Å². The van der Waals surface area contributed by atoms with Crippen LogP contribution in [0, 0.1) is 0 Å². The number of hydrogen-bond acceptors (Lipinski definition) is 4. The van der Waals surface area contributed by atoms with E-state index >= 15 is 0 Å². The van der Waals surface area contributed by atoms with E-state index in [1.165, 1.54) is 0 Å². The lowest BCUT2D eigenvalue weighted by Crippen LogP contribution is -2.32. The highest BCUT2D eigenvalue weighted by atomic mass is 16.4. The summed E-state index contributed by atoms with van der Waals surface area (Å²) in [5, 5.41) is 9.45. The van der Waals surface area contributed by atoms with Gasteiger partial charge in [-0.25, -0.2) is 4.68 Å². The Morgan fingerprint density at radius 1 is 1.30 bits per heavy atom. The smallest absolute Gasteiger partial charge is 0.320 e. The zero-order chi connectivity index (χ0) is 16.6. The Balaban J connectivity index is 2.00. The van der Waals surface area contributed by atoms with E-state index in [2.05, 4.69) is 4.98 Å². The Morgan fingerprint density at radius 2 is 2.00 bits per heavy atom. The number of aliphatic carboxylic acids is 1. The predicted molar refractivity (Wildman–Crippen MR) is 85.6 cm³/mol. The summed E-state index contributed by atoms with van der Waals surface area (Å²) in [6, 6.07) is 7.86. The molecule has 0 radical (unpaired) electrons. The average Bonchev–Trinajstić information content (AvgIpc) is 2.80. The number of pyridine rings is 1. The summed E-state index contributed by atoms with van der Waals surface area (Å²) >= 11 is 0. The van der Waals surface area contributed by atoms with Gasteiger partial charge in [0.2, 0.25) is 0 Å². The second kappa shape index (κ2) is 5.69. The molecule has 0 aliphatic heterocycles. The minimum atomic E-state index is -1.04. The number of nitrogens with zero attached hydrogens (tertiary/aromatic N) is 3. The quantitative estimate of drug-likeness (QED) is 0.737. The number of benzene rings is 1. The van der Waals surface area contributed by atoms with Crippen molar-refractivity contribution in [3.8, 4) is 5.69 Å². The molecule has 1 atom stereocenters. The summed E-state index contributed by atoms with van der Waals surface area (Å²) in [7, 11) is 1.79. The molecule has 0 amide bonds. The number of carboxylic acid groups (broad SMARTS) is 1. The Labute approximate surface area is 131 Å². The van der Waals surface area contributed by atoms with Gasteiger partial charge in [-0.1, -0.05) is 12.1 Å². The van der Waals surface area contributed by atoms with Gasteiger partial charge >= 0.3 is 5.97 Å². The lowest BCUT2D eigenvalue weighted by atomic mass is 10.1. The molecule has 0 aliphatic carbocycles. The lowest BCUT2D eigenvalue weighted by Gasteiger charge is -2.10. The van der Waals surface area contributed by atoms with Crippen molar-refractivity contribution in [3.05, 3.63) is 58.6 Å². The molecule has 0 aliphatic rings. The minimum Gasteiger partial charge on any atom is -0.480 e. The second-order valence-corrected chi connectivity index (χ2v) is 5.35. The maximum Gasteiger partial charge on any atom is 0.320 e. The number of carbonyl (C=O) groups is 1. The van der Waals surface area contributed by atoms with Crippen molar-refractivity contribution >= 4 is 16.9 Å². The third kappa shape index (κ3) is 2.62. The topological polar surface area (TPSA) is 103 Å². The normalized spacial score (nSPS) is 12.4. The molecule has 3 N–H and O–H groups in total. The van der Waals surface area contributed by atoms with Gasteiger partial charge in [0.1, 0.15) is 6.04 Å². The number of aryl methyl sites for hydroxylation is 1. The van der Waals surface area contributed by atoms with Crippen LogP contribution in [0.5, 0.6) is 0 Å². The molecule has 0 unspecified atom stereocenters. The molecule has 0 bridgehead atoms. The van der Waals surface area contributed by atoms with Gasteiger partial charge in [0.05, 0.1) is 22.8 Å². The van der Waals surface area contributed by atoms with Crippen LogP contribution in [0.25, 0.3) is 16.6 Å². The maximum absolute atomic E-state index is 12.5. The fraction of sp³-hybridized carbons (Fsp3) is 0.188. The number of hydrogen-bond donors (Lipinski definition) is 2.